The summed E-state index contributed by atoms with van der Waals surface area (Å²) in [5.74, 6) is -0.569. The Morgan fingerprint density at radius 3 is 2.37 bits per heavy atom. The molecule has 0 spiro atoms. The van der Waals surface area contributed by atoms with Gasteiger partial charge in [-0.3, -0.25) is 4.79 Å². The molecule has 27 heavy (non-hydrogen) atoms. The van der Waals surface area contributed by atoms with E-state index in [4.69, 9.17) is 5.11 Å². The lowest BCUT2D eigenvalue weighted by atomic mass is 9.99. The Morgan fingerprint density at radius 1 is 1.11 bits per heavy atom. The zero-order valence-electron chi connectivity index (χ0n) is 15.5. The lowest BCUT2D eigenvalue weighted by molar-refractivity contribution is -0.136. The van der Waals surface area contributed by atoms with Gasteiger partial charge in [0.1, 0.15) is 5.82 Å². The number of hydrogen-bond acceptors (Lipinski definition) is 2. The smallest absolute Gasteiger partial charge is 0.303 e. The minimum Gasteiger partial charge on any atom is -0.481 e. The molecule has 0 fully saturated rings. The van der Waals surface area contributed by atoms with Crippen LogP contribution >= 0.6 is 0 Å². The molecule has 0 aliphatic heterocycles. The molecule has 0 radical (unpaired) electrons. The molecule has 0 aliphatic rings. The largest absolute Gasteiger partial charge is 0.481 e. The van der Waals surface area contributed by atoms with Crippen LogP contribution in [-0.4, -0.2) is 20.9 Å². The summed E-state index contributed by atoms with van der Waals surface area (Å²) in [6, 6.07) is 14.3. The molecule has 0 saturated carbocycles. The minimum atomic E-state index is -0.845. The van der Waals surface area contributed by atoms with Gasteiger partial charge in [0.15, 0.2) is 0 Å². The molecule has 0 bridgehead atoms. The number of benzene rings is 2. The first-order valence-electron chi connectivity index (χ1n) is 9.08. The average molecular weight is 366 g/mol. The number of carbonyl (C=O) groups is 1. The van der Waals surface area contributed by atoms with Gasteiger partial charge in [0.2, 0.25) is 0 Å². The monoisotopic (exact) mass is 366 g/mol. The number of rotatable bonds is 7. The van der Waals surface area contributed by atoms with Crippen molar-refractivity contribution in [2.24, 2.45) is 5.92 Å². The zero-order valence-corrected chi connectivity index (χ0v) is 15.5. The van der Waals surface area contributed by atoms with Crippen LogP contribution in [0.3, 0.4) is 0 Å². The third kappa shape index (κ3) is 4.82. The Morgan fingerprint density at radius 2 is 1.78 bits per heavy atom. The number of hydrogen-bond donors (Lipinski definition) is 1. The topological polar surface area (TPSA) is 55.1 Å². The summed E-state index contributed by atoms with van der Waals surface area (Å²) < 4.78 is 14.9. The van der Waals surface area contributed by atoms with Crippen LogP contribution in [-0.2, 0) is 17.6 Å². The molecule has 0 atom stereocenters. The van der Waals surface area contributed by atoms with Gasteiger partial charge in [-0.05, 0) is 54.2 Å². The molecule has 4 nitrogen and oxygen atoms in total. The van der Waals surface area contributed by atoms with Crippen LogP contribution in [0.4, 0.5) is 4.39 Å². The molecular weight excluding hydrogens is 343 g/mol. The van der Waals surface area contributed by atoms with E-state index in [0.29, 0.717) is 12.3 Å². The molecule has 0 amide bonds. The average Bonchev–Trinajstić information content (AvgIpc) is 3.05. The Hall–Kier alpha value is -2.95. The fraction of sp³-hybridized carbons (Fsp3) is 0.273. The van der Waals surface area contributed by atoms with E-state index in [0.717, 1.165) is 28.9 Å². The molecule has 3 aromatic rings. The summed E-state index contributed by atoms with van der Waals surface area (Å²) in [4.78, 5) is 11.0. The molecule has 5 heteroatoms. The molecule has 1 aromatic heterocycles. The van der Waals surface area contributed by atoms with Gasteiger partial charge in [-0.2, -0.15) is 5.10 Å². The Balaban J connectivity index is 1.96. The number of aromatic nitrogens is 2. The first-order chi connectivity index (χ1) is 12.9. The van der Waals surface area contributed by atoms with E-state index in [1.54, 1.807) is 16.8 Å². The van der Waals surface area contributed by atoms with Crippen molar-refractivity contribution >= 4 is 5.97 Å². The van der Waals surface area contributed by atoms with Crippen LogP contribution in [0.2, 0.25) is 0 Å². The van der Waals surface area contributed by atoms with Crippen LogP contribution in [0, 0.1) is 11.7 Å². The van der Waals surface area contributed by atoms with E-state index in [1.807, 2.05) is 18.3 Å². The van der Waals surface area contributed by atoms with E-state index < -0.39 is 5.97 Å². The normalized spacial score (nSPS) is 11.1. The lowest BCUT2D eigenvalue weighted by Crippen LogP contribution is -1.98. The van der Waals surface area contributed by atoms with Gasteiger partial charge in [-0.1, -0.05) is 38.1 Å². The molecule has 3 rings (SSSR count). The molecular formula is C22H23FN2O2. The summed E-state index contributed by atoms with van der Waals surface area (Å²) in [6.07, 6.45) is 3.26. The molecule has 0 unspecified atom stereocenters. The van der Waals surface area contributed by atoms with Crippen molar-refractivity contribution in [2.75, 3.05) is 0 Å². The van der Waals surface area contributed by atoms with Gasteiger partial charge in [0, 0.05) is 18.2 Å². The predicted octanol–water partition coefficient (Wildman–Crippen LogP) is 4.89. The van der Waals surface area contributed by atoms with E-state index in [-0.39, 0.29) is 12.2 Å². The summed E-state index contributed by atoms with van der Waals surface area (Å²) in [6.45, 7) is 4.37. The summed E-state index contributed by atoms with van der Waals surface area (Å²) >= 11 is 0. The summed E-state index contributed by atoms with van der Waals surface area (Å²) in [7, 11) is 0. The fourth-order valence-corrected chi connectivity index (χ4v) is 3.07. The third-order valence-corrected chi connectivity index (χ3v) is 4.36. The standard InChI is InChI=1S/C22H23FN2O2/c1-15(2)13-16-3-5-17(6-4-16)22-18(7-12-21(26)27)14-25(24-22)20-10-8-19(23)9-11-20/h3-6,8-11,14-15H,7,12-13H2,1-2H3,(H,26,27). The highest BCUT2D eigenvalue weighted by Crippen LogP contribution is 2.26. The van der Waals surface area contributed by atoms with Crippen LogP contribution in [0.15, 0.2) is 54.7 Å². The van der Waals surface area contributed by atoms with Crippen molar-refractivity contribution in [3.8, 4) is 16.9 Å². The first-order valence-corrected chi connectivity index (χ1v) is 9.08. The third-order valence-electron chi connectivity index (χ3n) is 4.36. The number of halogens is 1. The van der Waals surface area contributed by atoms with Gasteiger partial charge >= 0.3 is 5.97 Å². The van der Waals surface area contributed by atoms with Crippen LogP contribution < -0.4 is 0 Å². The summed E-state index contributed by atoms with van der Waals surface area (Å²) in [5, 5.41) is 13.7. The van der Waals surface area contributed by atoms with Crippen molar-refractivity contribution < 1.29 is 14.3 Å². The maximum atomic E-state index is 13.2. The Kier molecular flexibility index (Phi) is 5.69. The van der Waals surface area contributed by atoms with Gasteiger partial charge in [0.25, 0.3) is 0 Å². The highest BCUT2D eigenvalue weighted by Gasteiger charge is 2.14. The van der Waals surface area contributed by atoms with Crippen LogP contribution in [0.1, 0.15) is 31.4 Å². The van der Waals surface area contributed by atoms with Gasteiger partial charge in [-0.15, -0.1) is 0 Å². The molecule has 0 saturated heterocycles. The van der Waals surface area contributed by atoms with Crippen molar-refractivity contribution in [2.45, 2.75) is 33.1 Å². The first kappa shape index (κ1) is 18.8. The van der Waals surface area contributed by atoms with E-state index in [2.05, 4.69) is 31.1 Å². The Bertz CT molecular complexity index is 912. The highest BCUT2D eigenvalue weighted by atomic mass is 19.1. The second-order valence-corrected chi connectivity index (χ2v) is 7.11. The van der Waals surface area contributed by atoms with Crippen molar-refractivity contribution in [1.29, 1.82) is 0 Å². The summed E-state index contributed by atoms with van der Waals surface area (Å²) in [5.41, 5.74) is 4.56. The van der Waals surface area contributed by atoms with Crippen molar-refractivity contribution in [1.82, 2.24) is 9.78 Å². The molecule has 1 heterocycles. The number of carboxylic acid groups (broad SMARTS) is 1. The quantitative estimate of drug-likeness (QED) is 0.647. The number of carboxylic acids is 1. The SMILES string of the molecule is CC(C)Cc1ccc(-c2nn(-c3ccc(F)cc3)cc2CCC(=O)O)cc1. The Labute approximate surface area is 158 Å². The van der Waals surface area contributed by atoms with Gasteiger partial charge in [-0.25, -0.2) is 9.07 Å². The van der Waals surface area contributed by atoms with Crippen molar-refractivity contribution in [3.05, 3.63) is 71.7 Å². The molecule has 140 valence electrons. The number of nitrogens with zero attached hydrogens (tertiary/aromatic N) is 2. The van der Waals surface area contributed by atoms with E-state index in [9.17, 15) is 9.18 Å². The van der Waals surface area contributed by atoms with Crippen molar-refractivity contribution in [3.63, 3.8) is 0 Å². The van der Waals surface area contributed by atoms with E-state index in [1.165, 1.54) is 17.7 Å². The second-order valence-electron chi connectivity index (χ2n) is 7.11. The number of aliphatic carboxylic acids is 1. The number of aryl methyl sites for hydroxylation is 1. The maximum Gasteiger partial charge on any atom is 0.303 e. The van der Waals surface area contributed by atoms with Gasteiger partial charge in [0.05, 0.1) is 11.4 Å². The molecule has 2 aromatic carbocycles. The molecule has 1 N–H and O–H groups in total. The zero-order chi connectivity index (χ0) is 19.4. The lowest BCUT2D eigenvalue weighted by Gasteiger charge is -2.06. The minimum absolute atomic E-state index is 0.0353. The fourth-order valence-electron chi connectivity index (χ4n) is 3.07. The predicted molar refractivity (Wildman–Crippen MR) is 103 cm³/mol. The highest BCUT2D eigenvalue weighted by molar-refractivity contribution is 5.69. The second kappa shape index (κ2) is 8.16. The maximum absolute atomic E-state index is 13.2. The molecule has 0 aliphatic carbocycles. The van der Waals surface area contributed by atoms with Crippen LogP contribution in [0.5, 0.6) is 0 Å². The van der Waals surface area contributed by atoms with Crippen LogP contribution in [0.25, 0.3) is 16.9 Å². The van der Waals surface area contributed by atoms with Gasteiger partial charge < -0.3 is 5.11 Å². The van der Waals surface area contributed by atoms with E-state index >= 15 is 0 Å².